The minimum Gasteiger partial charge on any atom is -0.437 e. The number of aromatic nitrogens is 2. The van der Waals surface area contributed by atoms with E-state index in [1.165, 1.54) is 0 Å². The molecule has 1 heterocycles. The molecule has 3 aromatic rings. The van der Waals surface area contributed by atoms with Crippen molar-refractivity contribution in [1.29, 1.82) is 5.26 Å². The van der Waals surface area contributed by atoms with Crippen LogP contribution in [0.5, 0.6) is 11.6 Å². The molecule has 0 aliphatic rings. The number of benzene rings is 2. The maximum atomic E-state index is 8.92. The Hall–Kier alpha value is -3.59. The molecular weight excluding hydrogens is 362 g/mol. The van der Waals surface area contributed by atoms with E-state index in [-0.39, 0.29) is 0 Å². The molecule has 2 aromatic carbocycles. The second-order valence-electron chi connectivity index (χ2n) is 6.99. The number of aliphatic imine (C=N–C) groups is 1. The zero-order valence-corrected chi connectivity index (χ0v) is 17.3. The van der Waals surface area contributed by atoms with Crippen molar-refractivity contribution in [2.24, 2.45) is 4.99 Å². The van der Waals surface area contributed by atoms with Crippen LogP contribution in [0.1, 0.15) is 30.0 Å². The predicted molar refractivity (Wildman–Crippen MR) is 115 cm³/mol. The van der Waals surface area contributed by atoms with Crippen molar-refractivity contribution >= 4 is 12.0 Å². The summed E-state index contributed by atoms with van der Waals surface area (Å²) in [6.45, 7) is 7.15. The highest BCUT2D eigenvalue weighted by Gasteiger charge is 2.09. The molecule has 6 nitrogen and oxygen atoms in total. The molecule has 0 aliphatic heterocycles. The molecule has 0 saturated heterocycles. The van der Waals surface area contributed by atoms with Crippen molar-refractivity contribution in [2.75, 3.05) is 13.6 Å². The van der Waals surface area contributed by atoms with Gasteiger partial charge in [-0.2, -0.15) is 5.26 Å². The van der Waals surface area contributed by atoms with Gasteiger partial charge >= 0.3 is 0 Å². The van der Waals surface area contributed by atoms with Gasteiger partial charge in [0.05, 0.1) is 29.3 Å². The molecule has 0 saturated carbocycles. The first-order valence-corrected chi connectivity index (χ1v) is 9.60. The number of rotatable bonds is 7. The van der Waals surface area contributed by atoms with E-state index in [1.54, 1.807) is 16.8 Å². The average Bonchev–Trinajstić information content (AvgIpc) is 3.18. The van der Waals surface area contributed by atoms with E-state index < -0.39 is 0 Å². The number of aryl methyl sites for hydroxylation is 2. The third-order valence-electron chi connectivity index (χ3n) is 4.50. The summed E-state index contributed by atoms with van der Waals surface area (Å²) in [5.41, 5.74) is 4.45. The van der Waals surface area contributed by atoms with E-state index in [9.17, 15) is 0 Å². The largest absolute Gasteiger partial charge is 0.437 e. The zero-order valence-electron chi connectivity index (χ0n) is 17.3. The lowest BCUT2D eigenvalue weighted by Crippen LogP contribution is -2.16. The lowest BCUT2D eigenvalue weighted by atomic mass is 10.1. The van der Waals surface area contributed by atoms with Crippen LogP contribution in [-0.4, -0.2) is 34.6 Å². The van der Waals surface area contributed by atoms with E-state index in [4.69, 9.17) is 10.00 Å². The van der Waals surface area contributed by atoms with Crippen molar-refractivity contribution in [1.82, 2.24) is 14.7 Å². The van der Waals surface area contributed by atoms with Crippen LogP contribution in [0.15, 0.2) is 53.7 Å². The van der Waals surface area contributed by atoms with Crippen molar-refractivity contribution in [3.05, 3.63) is 65.4 Å². The van der Waals surface area contributed by atoms with Crippen LogP contribution in [0, 0.1) is 25.2 Å². The van der Waals surface area contributed by atoms with Crippen molar-refractivity contribution in [2.45, 2.75) is 27.2 Å². The van der Waals surface area contributed by atoms with Crippen LogP contribution >= 0.6 is 0 Å². The Kier molecular flexibility index (Phi) is 6.30. The molecule has 29 heavy (non-hydrogen) atoms. The maximum absolute atomic E-state index is 8.92. The van der Waals surface area contributed by atoms with E-state index in [1.807, 2.05) is 63.8 Å². The lowest BCUT2D eigenvalue weighted by Gasteiger charge is -2.12. The Morgan fingerprint density at radius 3 is 2.62 bits per heavy atom. The van der Waals surface area contributed by atoms with Gasteiger partial charge in [-0.15, -0.1) is 5.10 Å². The topological polar surface area (TPSA) is 66.4 Å². The predicted octanol–water partition coefficient (Wildman–Crippen LogP) is 5.15. The van der Waals surface area contributed by atoms with Gasteiger partial charge < -0.3 is 9.64 Å². The van der Waals surface area contributed by atoms with Crippen LogP contribution in [0.4, 0.5) is 5.69 Å². The monoisotopic (exact) mass is 387 g/mol. The minimum atomic E-state index is 0.510. The summed E-state index contributed by atoms with van der Waals surface area (Å²) in [5.74, 6) is 1.27. The normalized spacial score (nSPS) is 10.9. The molecule has 0 N–H and O–H groups in total. The van der Waals surface area contributed by atoms with Crippen LogP contribution in [0.3, 0.4) is 0 Å². The van der Waals surface area contributed by atoms with Gasteiger partial charge in [-0.1, -0.05) is 6.92 Å². The van der Waals surface area contributed by atoms with Gasteiger partial charge in [0, 0.05) is 25.9 Å². The molecule has 0 spiro atoms. The van der Waals surface area contributed by atoms with E-state index in [2.05, 4.69) is 28.0 Å². The summed E-state index contributed by atoms with van der Waals surface area (Å²) in [6, 6.07) is 15.2. The first kappa shape index (κ1) is 20.2. The molecule has 1 aromatic heterocycles. The van der Waals surface area contributed by atoms with Crippen LogP contribution in [0.25, 0.3) is 5.69 Å². The zero-order chi connectivity index (χ0) is 20.8. The van der Waals surface area contributed by atoms with Gasteiger partial charge in [-0.25, -0.2) is 9.67 Å². The smallest absolute Gasteiger partial charge is 0.238 e. The third-order valence-corrected chi connectivity index (χ3v) is 4.50. The first-order valence-electron chi connectivity index (χ1n) is 9.60. The van der Waals surface area contributed by atoms with Crippen LogP contribution in [-0.2, 0) is 0 Å². The number of nitriles is 1. The fraction of sp³-hybridized carbons (Fsp3) is 0.261. The second-order valence-corrected chi connectivity index (χ2v) is 6.99. The summed E-state index contributed by atoms with van der Waals surface area (Å²) >= 11 is 0. The molecule has 0 unspecified atom stereocenters. The highest BCUT2D eigenvalue weighted by atomic mass is 16.5. The van der Waals surface area contributed by atoms with Crippen molar-refractivity contribution in [3.8, 4) is 23.4 Å². The van der Waals surface area contributed by atoms with Gasteiger partial charge in [0.15, 0.2) is 0 Å². The molecular formula is C23H25N5O. The Morgan fingerprint density at radius 2 is 1.93 bits per heavy atom. The number of hydrogen-bond donors (Lipinski definition) is 0. The highest BCUT2D eigenvalue weighted by molar-refractivity contribution is 5.64. The Bertz CT molecular complexity index is 1040. The van der Waals surface area contributed by atoms with Gasteiger partial charge in [-0.3, -0.25) is 0 Å². The fourth-order valence-electron chi connectivity index (χ4n) is 2.90. The van der Waals surface area contributed by atoms with Gasteiger partial charge in [0.1, 0.15) is 5.75 Å². The molecule has 0 amide bonds. The third kappa shape index (κ3) is 5.02. The van der Waals surface area contributed by atoms with Crippen molar-refractivity contribution in [3.63, 3.8) is 0 Å². The van der Waals surface area contributed by atoms with E-state index in [0.29, 0.717) is 11.4 Å². The SMILES string of the molecule is CCCN(C)/C=N/c1cc(C)c(Oc2ccn(-c3ccc(C#N)cc3)n2)cc1C. The minimum absolute atomic E-state index is 0.510. The van der Waals surface area contributed by atoms with Crippen molar-refractivity contribution < 1.29 is 4.74 Å². The molecule has 0 atom stereocenters. The first-order chi connectivity index (χ1) is 14.0. The average molecular weight is 387 g/mol. The summed E-state index contributed by atoms with van der Waals surface area (Å²) in [4.78, 5) is 6.67. The van der Waals surface area contributed by atoms with E-state index >= 15 is 0 Å². The van der Waals surface area contributed by atoms with E-state index in [0.717, 1.165) is 41.2 Å². The molecule has 3 rings (SSSR count). The van der Waals surface area contributed by atoms with Gasteiger partial charge in [-0.05, 0) is 67.8 Å². The number of ether oxygens (including phenoxy) is 1. The van der Waals surface area contributed by atoms with Crippen LogP contribution in [0.2, 0.25) is 0 Å². The second kappa shape index (κ2) is 9.07. The summed E-state index contributed by atoms with van der Waals surface area (Å²) in [6.07, 6.45) is 4.79. The quantitative estimate of drug-likeness (QED) is 0.415. The molecule has 0 radical (unpaired) electrons. The summed E-state index contributed by atoms with van der Waals surface area (Å²) < 4.78 is 7.73. The number of hydrogen-bond acceptors (Lipinski definition) is 4. The standard InChI is InChI=1S/C23H25N5O/c1-5-11-27(4)16-25-21-13-18(3)22(14-17(21)2)29-23-10-12-28(26-23)20-8-6-19(15-24)7-9-20/h6-10,12-14,16H,5,11H2,1-4H3/b25-16+. The Morgan fingerprint density at radius 1 is 1.17 bits per heavy atom. The lowest BCUT2D eigenvalue weighted by molar-refractivity contribution is 0.454. The molecule has 148 valence electrons. The Balaban J connectivity index is 1.76. The maximum Gasteiger partial charge on any atom is 0.238 e. The highest BCUT2D eigenvalue weighted by Crippen LogP contribution is 2.31. The summed E-state index contributed by atoms with van der Waals surface area (Å²) in [5, 5.41) is 13.4. The fourth-order valence-corrected chi connectivity index (χ4v) is 2.90. The summed E-state index contributed by atoms with van der Waals surface area (Å²) in [7, 11) is 2.02. The molecule has 0 bridgehead atoms. The number of nitrogens with zero attached hydrogens (tertiary/aromatic N) is 5. The Labute approximate surface area is 171 Å². The van der Waals surface area contributed by atoms with Crippen LogP contribution < -0.4 is 4.74 Å². The molecule has 0 fully saturated rings. The molecule has 6 heteroatoms. The molecule has 0 aliphatic carbocycles. The van der Waals surface area contributed by atoms with Gasteiger partial charge in [0.25, 0.3) is 0 Å². The van der Waals surface area contributed by atoms with Gasteiger partial charge in [0.2, 0.25) is 5.88 Å².